The molecule has 0 aromatic heterocycles. The zero-order chi connectivity index (χ0) is 11.1. The van der Waals surface area contributed by atoms with Gasteiger partial charge in [0.25, 0.3) is 0 Å². The van der Waals surface area contributed by atoms with Crippen molar-refractivity contribution >= 4 is 11.1 Å². The minimum absolute atomic E-state index is 0. The van der Waals surface area contributed by atoms with Gasteiger partial charge in [-0.15, -0.1) is 0 Å². The van der Waals surface area contributed by atoms with E-state index in [2.05, 4.69) is 4.98 Å². The molecule has 80 valence electrons. The molecule has 1 aliphatic carbocycles. The first-order chi connectivity index (χ1) is 7.72. The van der Waals surface area contributed by atoms with E-state index in [1.54, 1.807) is 18.2 Å². The largest absolute Gasteiger partial charge is 1.00 e. The van der Waals surface area contributed by atoms with E-state index in [0.29, 0.717) is 22.6 Å². The fourth-order valence-corrected chi connectivity index (χ4v) is 1.59. The third-order valence-electron chi connectivity index (χ3n) is 2.34. The molecule has 0 saturated heterocycles. The number of aromatic hydroxyl groups is 1. The quantitative estimate of drug-likeness (QED) is 0.407. The first-order valence-corrected chi connectivity index (χ1v) is 4.76. The molecule has 0 atom stereocenters. The molecule has 0 saturated carbocycles. The molecule has 5 heteroatoms. The maximum Gasteiger partial charge on any atom is 1.00 e. The van der Waals surface area contributed by atoms with Crippen LogP contribution in [0.2, 0.25) is 0 Å². The zero-order valence-corrected chi connectivity index (χ0v) is 11.2. The molecule has 0 fully saturated rings. The minimum atomic E-state index is -0.127. The maximum atomic E-state index is 11.1. The normalized spacial score (nSPS) is 10.4. The van der Waals surface area contributed by atoms with Crippen LogP contribution in [0.3, 0.4) is 0 Å². The van der Waals surface area contributed by atoms with Gasteiger partial charge in [-0.3, -0.25) is 4.79 Å². The number of rotatable bonds is 0. The predicted octanol–water partition coefficient (Wildman–Crippen LogP) is -0.885. The standard InChI is InChI=1S/C12H7NO3.Na.H/c14-7-1-3-9-11(5-7)16-12-6-8(15)2-4-10(12)13-9;;/h1-6,14H;;/q;+1;-1. The molecule has 1 aliphatic heterocycles. The summed E-state index contributed by atoms with van der Waals surface area (Å²) in [6, 6.07) is 9.12. The van der Waals surface area contributed by atoms with Crippen molar-refractivity contribution in [3.8, 4) is 17.2 Å². The van der Waals surface area contributed by atoms with Crippen molar-refractivity contribution in [3.05, 3.63) is 46.6 Å². The summed E-state index contributed by atoms with van der Waals surface area (Å²) in [4.78, 5) is 15.5. The van der Waals surface area contributed by atoms with Crippen LogP contribution in [-0.2, 0) is 0 Å². The van der Waals surface area contributed by atoms with Crippen LogP contribution < -0.4 is 35.0 Å². The Labute approximate surface area is 120 Å². The molecule has 1 N–H and O–H groups in total. The molecule has 4 nitrogen and oxygen atoms in total. The number of aromatic nitrogens is 1. The fraction of sp³-hybridized carbons (Fsp3) is 0. The van der Waals surface area contributed by atoms with E-state index < -0.39 is 0 Å². The van der Waals surface area contributed by atoms with Crippen LogP contribution in [0.1, 0.15) is 1.43 Å². The molecular weight excluding hydrogens is 229 g/mol. The Morgan fingerprint density at radius 1 is 1.18 bits per heavy atom. The van der Waals surface area contributed by atoms with Gasteiger partial charge < -0.3 is 11.0 Å². The van der Waals surface area contributed by atoms with Crippen LogP contribution in [-0.4, -0.2) is 10.1 Å². The van der Waals surface area contributed by atoms with Crippen LogP contribution >= 0.6 is 0 Å². The third kappa shape index (κ3) is 2.20. The molecule has 0 spiro atoms. The summed E-state index contributed by atoms with van der Waals surface area (Å²) in [5.41, 5.74) is 1.59. The molecule has 1 heterocycles. The summed E-state index contributed by atoms with van der Waals surface area (Å²) in [6.45, 7) is 0. The topological polar surface area (TPSA) is 63.3 Å². The van der Waals surface area contributed by atoms with Gasteiger partial charge >= 0.3 is 29.6 Å². The average molecular weight is 237 g/mol. The van der Waals surface area contributed by atoms with Crippen LogP contribution in [0.5, 0.6) is 5.75 Å². The summed E-state index contributed by atoms with van der Waals surface area (Å²) in [7, 11) is 0. The SMILES string of the molecule is O=c1ccc2nc3ccc(O)cc3oc-2c1.[H-].[Na+]. The van der Waals surface area contributed by atoms with Gasteiger partial charge in [-0.05, 0) is 24.3 Å². The number of nitrogens with zero attached hydrogens (tertiary/aromatic N) is 1. The number of hydrogen-bond acceptors (Lipinski definition) is 4. The van der Waals surface area contributed by atoms with E-state index in [-0.39, 0.29) is 42.2 Å². The smallest absolute Gasteiger partial charge is 1.00 e. The van der Waals surface area contributed by atoms with Gasteiger partial charge in [0.15, 0.2) is 16.8 Å². The summed E-state index contributed by atoms with van der Waals surface area (Å²) in [6.07, 6.45) is 0. The van der Waals surface area contributed by atoms with Gasteiger partial charge in [0.2, 0.25) is 0 Å². The van der Waals surface area contributed by atoms with E-state index in [9.17, 15) is 9.90 Å². The predicted molar refractivity (Wildman–Crippen MR) is 59.7 cm³/mol. The fourth-order valence-electron chi connectivity index (χ4n) is 1.59. The van der Waals surface area contributed by atoms with E-state index in [4.69, 9.17) is 4.42 Å². The molecule has 3 rings (SSSR count). The van der Waals surface area contributed by atoms with Crippen molar-refractivity contribution < 1.29 is 40.5 Å². The van der Waals surface area contributed by atoms with Crippen LogP contribution in [0, 0.1) is 0 Å². The minimum Gasteiger partial charge on any atom is -1.00 e. The molecule has 1 aromatic carbocycles. The molecule has 0 radical (unpaired) electrons. The van der Waals surface area contributed by atoms with Gasteiger partial charge in [-0.1, -0.05) is 0 Å². The number of phenolic OH excluding ortho intramolecular Hbond substituents is 1. The Bertz CT molecular complexity index is 713. The van der Waals surface area contributed by atoms with E-state index in [1.165, 1.54) is 18.2 Å². The molecule has 17 heavy (non-hydrogen) atoms. The van der Waals surface area contributed by atoms with Gasteiger partial charge in [0, 0.05) is 12.1 Å². The second-order valence-corrected chi connectivity index (χ2v) is 3.50. The summed E-state index contributed by atoms with van der Waals surface area (Å²) in [5.74, 6) is 0.529. The molecular formula is C12H8NNaO3. The Hall–Kier alpha value is -1.36. The number of fused-ring (bicyclic) bond motifs is 2. The van der Waals surface area contributed by atoms with Crippen molar-refractivity contribution in [3.63, 3.8) is 0 Å². The van der Waals surface area contributed by atoms with Crippen LogP contribution in [0.25, 0.3) is 22.6 Å². The van der Waals surface area contributed by atoms with Gasteiger partial charge in [-0.2, -0.15) is 0 Å². The number of benzene rings is 2. The molecule has 0 bridgehead atoms. The Morgan fingerprint density at radius 3 is 2.82 bits per heavy atom. The Morgan fingerprint density at radius 2 is 2.00 bits per heavy atom. The molecule has 0 unspecified atom stereocenters. The van der Waals surface area contributed by atoms with Gasteiger partial charge in [-0.25, -0.2) is 4.98 Å². The van der Waals surface area contributed by atoms with E-state index in [1.807, 2.05) is 0 Å². The Kier molecular flexibility index (Phi) is 3.19. The Balaban J connectivity index is 0.000000810. The van der Waals surface area contributed by atoms with Crippen molar-refractivity contribution in [2.45, 2.75) is 0 Å². The van der Waals surface area contributed by atoms with E-state index in [0.717, 1.165) is 0 Å². The van der Waals surface area contributed by atoms with Gasteiger partial charge in [0.05, 0.1) is 0 Å². The van der Waals surface area contributed by atoms with Crippen molar-refractivity contribution in [2.24, 2.45) is 0 Å². The van der Waals surface area contributed by atoms with Crippen LogP contribution in [0.4, 0.5) is 0 Å². The first-order valence-electron chi connectivity index (χ1n) is 4.76. The number of phenols is 1. The van der Waals surface area contributed by atoms with Crippen molar-refractivity contribution in [1.29, 1.82) is 0 Å². The summed E-state index contributed by atoms with van der Waals surface area (Å²) < 4.78 is 5.49. The van der Waals surface area contributed by atoms with Crippen LogP contribution in [0.15, 0.2) is 45.6 Å². The molecule has 2 aliphatic rings. The van der Waals surface area contributed by atoms with Gasteiger partial charge in [0.1, 0.15) is 17.0 Å². The van der Waals surface area contributed by atoms with Crippen molar-refractivity contribution in [1.82, 2.24) is 4.98 Å². The summed E-state index contributed by atoms with van der Waals surface area (Å²) in [5, 5.41) is 9.31. The maximum absolute atomic E-state index is 11.1. The second kappa shape index (κ2) is 4.49. The third-order valence-corrected chi connectivity index (χ3v) is 2.34. The molecule has 1 aromatic rings. The number of hydrogen-bond donors (Lipinski definition) is 1. The molecule has 0 amide bonds. The zero-order valence-electron chi connectivity index (χ0n) is 10.2. The first kappa shape index (κ1) is 12.1. The van der Waals surface area contributed by atoms with E-state index >= 15 is 0 Å². The van der Waals surface area contributed by atoms with Crippen molar-refractivity contribution in [2.75, 3.05) is 0 Å². The second-order valence-electron chi connectivity index (χ2n) is 3.50. The summed E-state index contributed by atoms with van der Waals surface area (Å²) >= 11 is 0. The monoisotopic (exact) mass is 237 g/mol. The average Bonchev–Trinajstić information content (AvgIpc) is 2.26.